The van der Waals surface area contributed by atoms with Crippen molar-refractivity contribution in [2.45, 2.75) is 26.9 Å². The first-order valence-corrected chi connectivity index (χ1v) is 8.07. The molecule has 0 aliphatic heterocycles. The number of aryl methyl sites for hydroxylation is 2. The van der Waals surface area contributed by atoms with E-state index in [4.69, 9.17) is 0 Å². The standard InChI is InChI=1S/C18H21N5O/c1-3-22-13-16(12-21-22)18(24)19-9-10-23-14(2)11-20-17(23)15-7-5-4-6-8-15/h4-8,11-13H,3,9-10H2,1-2H3,(H,19,24). The molecule has 124 valence electrons. The van der Waals surface area contributed by atoms with Gasteiger partial charge in [0.1, 0.15) is 5.82 Å². The number of hydrogen-bond donors (Lipinski definition) is 1. The normalized spacial score (nSPS) is 10.8. The van der Waals surface area contributed by atoms with Crippen LogP contribution in [-0.4, -0.2) is 31.8 Å². The number of imidazole rings is 1. The summed E-state index contributed by atoms with van der Waals surface area (Å²) < 4.78 is 3.85. The molecule has 0 fully saturated rings. The molecule has 6 nitrogen and oxygen atoms in total. The van der Waals surface area contributed by atoms with Crippen molar-refractivity contribution in [3.05, 3.63) is 60.2 Å². The van der Waals surface area contributed by atoms with E-state index in [1.165, 1.54) is 0 Å². The van der Waals surface area contributed by atoms with Gasteiger partial charge in [-0.25, -0.2) is 4.98 Å². The van der Waals surface area contributed by atoms with E-state index in [1.54, 1.807) is 17.1 Å². The average Bonchev–Trinajstić information content (AvgIpc) is 3.23. The first-order chi connectivity index (χ1) is 11.7. The highest BCUT2D eigenvalue weighted by molar-refractivity contribution is 5.93. The summed E-state index contributed by atoms with van der Waals surface area (Å²) in [5, 5.41) is 7.06. The molecule has 0 saturated heterocycles. The van der Waals surface area contributed by atoms with E-state index in [2.05, 4.69) is 20.0 Å². The van der Waals surface area contributed by atoms with Crippen molar-refractivity contribution in [3.8, 4) is 11.4 Å². The number of nitrogens with one attached hydrogen (secondary N) is 1. The predicted molar refractivity (Wildman–Crippen MR) is 92.6 cm³/mol. The minimum Gasteiger partial charge on any atom is -0.350 e. The van der Waals surface area contributed by atoms with Crippen LogP contribution in [0.1, 0.15) is 23.0 Å². The van der Waals surface area contributed by atoms with Gasteiger partial charge in [-0.1, -0.05) is 30.3 Å². The van der Waals surface area contributed by atoms with Gasteiger partial charge in [-0.05, 0) is 13.8 Å². The Morgan fingerprint density at radius 2 is 2.00 bits per heavy atom. The highest BCUT2D eigenvalue weighted by Gasteiger charge is 2.11. The molecule has 2 aromatic heterocycles. The maximum absolute atomic E-state index is 12.2. The summed E-state index contributed by atoms with van der Waals surface area (Å²) in [5.41, 5.74) is 2.73. The van der Waals surface area contributed by atoms with Crippen LogP contribution in [0, 0.1) is 6.92 Å². The van der Waals surface area contributed by atoms with Crippen LogP contribution in [0.3, 0.4) is 0 Å². The summed E-state index contributed by atoms with van der Waals surface area (Å²) >= 11 is 0. The quantitative estimate of drug-likeness (QED) is 0.758. The van der Waals surface area contributed by atoms with Crippen LogP contribution in [0.5, 0.6) is 0 Å². The molecule has 0 aliphatic carbocycles. The zero-order valence-corrected chi connectivity index (χ0v) is 13.9. The van der Waals surface area contributed by atoms with Crippen molar-refractivity contribution in [1.82, 2.24) is 24.6 Å². The van der Waals surface area contributed by atoms with Crippen molar-refractivity contribution >= 4 is 5.91 Å². The van der Waals surface area contributed by atoms with Gasteiger partial charge < -0.3 is 9.88 Å². The van der Waals surface area contributed by atoms with E-state index in [-0.39, 0.29) is 5.91 Å². The molecule has 1 aromatic carbocycles. The van der Waals surface area contributed by atoms with E-state index >= 15 is 0 Å². The number of aromatic nitrogens is 4. The highest BCUT2D eigenvalue weighted by atomic mass is 16.1. The largest absolute Gasteiger partial charge is 0.350 e. The zero-order valence-electron chi connectivity index (χ0n) is 13.9. The van der Waals surface area contributed by atoms with Crippen molar-refractivity contribution < 1.29 is 4.79 Å². The van der Waals surface area contributed by atoms with Gasteiger partial charge in [0, 0.05) is 43.3 Å². The lowest BCUT2D eigenvalue weighted by Gasteiger charge is -2.11. The molecule has 24 heavy (non-hydrogen) atoms. The molecular weight excluding hydrogens is 302 g/mol. The Labute approximate surface area is 141 Å². The van der Waals surface area contributed by atoms with Gasteiger partial charge in [0.2, 0.25) is 0 Å². The van der Waals surface area contributed by atoms with Gasteiger partial charge >= 0.3 is 0 Å². The molecule has 0 saturated carbocycles. The molecule has 0 atom stereocenters. The fourth-order valence-corrected chi connectivity index (χ4v) is 2.60. The molecule has 0 radical (unpaired) electrons. The van der Waals surface area contributed by atoms with Crippen LogP contribution >= 0.6 is 0 Å². The van der Waals surface area contributed by atoms with Gasteiger partial charge in [-0.15, -0.1) is 0 Å². The molecular formula is C18H21N5O. The fraction of sp³-hybridized carbons (Fsp3) is 0.278. The van der Waals surface area contributed by atoms with Crippen molar-refractivity contribution in [2.75, 3.05) is 6.54 Å². The second-order valence-electron chi connectivity index (χ2n) is 5.58. The third-order valence-electron chi connectivity index (χ3n) is 3.93. The maximum atomic E-state index is 12.2. The Morgan fingerprint density at radius 1 is 1.21 bits per heavy atom. The lowest BCUT2D eigenvalue weighted by molar-refractivity contribution is 0.0952. The first-order valence-electron chi connectivity index (χ1n) is 8.07. The van der Waals surface area contributed by atoms with Crippen molar-refractivity contribution in [3.63, 3.8) is 0 Å². The Kier molecular flexibility index (Phi) is 4.74. The zero-order chi connectivity index (χ0) is 16.9. The smallest absolute Gasteiger partial charge is 0.254 e. The summed E-state index contributed by atoms with van der Waals surface area (Å²) in [6, 6.07) is 10.1. The van der Waals surface area contributed by atoms with E-state index in [1.807, 2.05) is 50.4 Å². The molecule has 3 rings (SSSR count). The Bertz CT molecular complexity index is 819. The molecule has 1 amide bonds. The van der Waals surface area contributed by atoms with Crippen LogP contribution < -0.4 is 5.32 Å². The highest BCUT2D eigenvalue weighted by Crippen LogP contribution is 2.18. The Hall–Kier alpha value is -2.89. The number of hydrogen-bond acceptors (Lipinski definition) is 3. The summed E-state index contributed by atoms with van der Waals surface area (Å²) in [5.74, 6) is 0.815. The van der Waals surface area contributed by atoms with Crippen LogP contribution in [0.2, 0.25) is 0 Å². The number of nitrogens with zero attached hydrogens (tertiary/aromatic N) is 4. The molecule has 0 unspecified atom stereocenters. The van der Waals surface area contributed by atoms with Crippen molar-refractivity contribution in [2.24, 2.45) is 0 Å². The third kappa shape index (κ3) is 3.37. The number of carbonyl (C=O) groups is 1. The summed E-state index contributed by atoms with van der Waals surface area (Å²) in [6.07, 6.45) is 5.21. The van der Waals surface area contributed by atoms with Crippen LogP contribution in [-0.2, 0) is 13.1 Å². The lowest BCUT2D eigenvalue weighted by Crippen LogP contribution is -2.27. The molecule has 0 aliphatic rings. The number of amides is 1. The summed E-state index contributed by atoms with van der Waals surface area (Å²) in [4.78, 5) is 16.6. The minimum atomic E-state index is -0.103. The maximum Gasteiger partial charge on any atom is 0.254 e. The fourth-order valence-electron chi connectivity index (χ4n) is 2.60. The Balaban J connectivity index is 1.65. The van der Waals surface area contributed by atoms with Gasteiger partial charge in [-0.2, -0.15) is 5.10 Å². The summed E-state index contributed by atoms with van der Waals surface area (Å²) in [6.45, 7) is 5.97. The van der Waals surface area contributed by atoms with E-state index in [9.17, 15) is 4.79 Å². The number of benzene rings is 1. The Morgan fingerprint density at radius 3 is 2.71 bits per heavy atom. The number of carbonyl (C=O) groups excluding carboxylic acids is 1. The van der Waals surface area contributed by atoms with Gasteiger partial charge in [0.25, 0.3) is 5.91 Å². The van der Waals surface area contributed by atoms with Gasteiger partial charge in [-0.3, -0.25) is 9.48 Å². The van der Waals surface area contributed by atoms with Crippen LogP contribution in [0.25, 0.3) is 11.4 Å². The SMILES string of the molecule is CCn1cc(C(=O)NCCn2c(C)cnc2-c2ccccc2)cn1. The van der Waals surface area contributed by atoms with E-state index < -0.39 is 0 Å². The molecule has 1 N–H and O–H groups in total. The van der Waals surface area contributed by atoms with Crippen LogP contribution in [0.4, 0.5) is 0 Å². The second-order valence-corrected chi connectivity index (χ2v) is 5.58. The van der Waals surface area contributed by atoms with E-state index in [0.717, 1.165) is 23.6 Å². The lowest BCUT2D eigenvalue weighted by atomic mass is 10.2. The van der Waals surface area contributed by atoms with Gasteiger partial charge in [0.05, 0.1) is 11.8 Å². The minimum absolute atomic E-state index is 0.103. The van der Waals surface area contributed by atoms with Crippen molar-refractivity contribution in [1.29, 1.82) is 0 Å². The van der Waals surface area contributed by atoms with E-state index in [0.29, 0.717) is 18.7 Å². The monoisotopic (exact) mass is 323 g/mol. The third-order valence-corrected chi connectivity index (χ3v) is 3.93. The topological polar surface area (TPSA) is 64.7 Å². The first kappa shape index (κ1) is 16.0. The summed E-state index contributed by atoms with van der Waals surface area (Å²) in [7, 11) is 0. The molecule has 3 aromatic rings. The number of rotatable bonds is 6. The average molecular weight is 323 g/mol. The predicted octanol–water partition coefficient (Wildman–Crippen LogP) is 2.50. The second kappa shape index (κ2) is 7.12. The molecule has 6 heteroatoms. The van der Waals surface area contributed by atoms with Crippen LogP contribution in [0.15, 0.2) is 48.9 Å². The molecule has 0 bridgehead atoms. The molecule has 0 spiro atoms. The molecule has 2 heterocycles. The van der Waals surface area contributed by atoms with Gasteiger partial charge in [0.15, 0.2) is 0 Å².